The summed E-state index contributed by atoms with van der Waals surface area (Å²) in [5.41, 5.74) is 1.77. The zero-order chi connectivity index (χ0) is 19.8. The highest BCUT2D eigenvalue weighted by atomic mass is 16.5. The average molecular weight is 383 g/mol. The van der Waals surface area contributed by atoms with Gasteiger partial charge in [-0.1, -0.05) is 36.4 Å². The number of hydrogen-bond donors (Lipinski definition) is 2. The number of hydrogen-bond acceptors (Lipinski definition) is 4. The van der Waals surface area contributed by atoms with Crippen LogP contribution >= 0.6 is 0 Å². The molecular formula is C22H25NO5. The molecule has 2 aromatic carbocycles. The molecule has 0 unspecified atom stereocenters. The second kappa shape index (κ2) is 10.0. The number of benzene rings is 2. The third kappa shape index (κ3) is 5.18. The van der Waals surface area contributed by atoms with Gasteiger partial charge in [-0.05, 0) is 42.5 Å². The third-order valence-electron chi connectivity index (χ3n) is 4.75. The summed E-state index contributed by atoms with van der Waals surface area (Å²) in [5.74, 6) is -1.24. The molecule has 28 heavy (non-hydrogen) atoms. The van der Waals surface area contributed by atoms with Crippen molar-refractivity contribution in [2.75, 3.05) is 26.4 Å². The van der Waals surface area contributed by atoms with Crippen molar-refractivity contribution in [2.24, 2.45) is 0 Å². The summed E-state index contributed by atoms with van der Waals surface area (Å²) in [6.45, 7) is 2.58. The Morgan fingerprint density at radius 3 is 2.29 bits per heavy atom. The van der Waals surface area contributed by atoms with Crippen LogP contribution in [-0.4, -0.2) is 49.5 Å². The molecule has 1 saturated heterocycles. The van der Waals surface area contributed by atoms with Crippen LogP contribution in [0.3, 0.4) is 0 Å². The van der Waals surface area contributed by atoms with Gasteiger partial charge in [0.05, 0.1) is 11.7 Å². The van der Waals surface area contributed by atoms with Crippen LogP contribution in [-0.2, 0) is 9.47 Å². The molecule has 1 fully saturated rings. The molecule has 0 atom stereocenters. The number of rotatable bonds is 8. The largest absolute Gasteiger partial charge is 0.478 e. The van der Waals surface area contributed by atoms with E-state index in [1.165, 1.54) is 0 Å². The van der Waals surface area contributed by atoms with Crippen molar-refractivity contribution in [2.45, 2.75) is 25.4 Å². The Morgan fingerprint density at radius 2 is 1.61 bits per heavy atom. The predicted octanol–water partition coefficient (Wildman–Crippen LogP) is 3.37. The number of carboxylic acid groups (broad SMARTS) is 1. The molecule has 6 heteroatoms. The molecule has 1 amide bonds. The first-order chi connectivity index (χ1) is 13.7. The van der Waals surface area contributed by atoms with Crippen LogP contribution in [0.2, 0.25) is 0 Å². The minimum Gasteiger partial charge on any atom is -0.478 e. The first-order valence-corrected chi connectivity index (χ1v) is 9.56. The summed E-state index contributed by atoms with van der Waals surface area (Å²) < 4.78 is 11.1. The van der Waals surface area contributed by atoms with E-state index in [9.17, 15) is 14.7 Å². The van der Waals surface area contributed by atoms with Gasteiger partial charge in [-0.3, -0.25) is 4.79 Å². The van der Waals surface area contributed by atoms with E-state index in [4.69, 9.17) is 9.47 Å². The van der Waals surface area contributed by atoms with Crippen molar-refractivity contribution < 1.29 is 24.2 Å². The van der Waals surface area contributed by atoms with E-state index in [1.54, 1.807) is 48.5 Å². The van der Waals surface area contributed by atoms with E-state index >= 15 is 0 Å². The highest BCUT2D eigenvalue weighted by Crippen LogP contribution is 2.27. The Bertz CT molecular complexity index is 814. The normalized spacial score (nSPS) is 14.6. The fourth-order valence-corrected chi connectivity index (χ4v) is 3.28. The molecule has 0 radical (unpaired) electrons. The first kappa shape index (κ1) is 20.0. The molecule has 2 N–H and O–H groups in total. The van der Waals surface area contributed by atoms with Gasteiger partial charge < -0.3 is 19.9 Å². The maximum Gasteiger partial charge on any atom is 0.336 e. The SMILES string of the molecule is O=C(O)c1ccccc1-c1ccccc1C(=O)NCCCOC1CCOCC1. The molecule has 1 aliphatic rings. The Morgan fingerprint density at radius 1 is 1.00 bits per heavy atom. The van der Waals surface area contributed by atoms with Gasteiger partial charge in [0.15, 0.2) is 0 Å². The molecule has 1 heterocycles. The lowest BCUT2D eigenvalue weighted by molar-refractivity contribution is -0.0321. The Kier molecular flexibility index (Phi) is 7.17. The van der Waals surface area contributed by atoms with E-state index in [0.29, 0.717) is 29.8 Å². The van der Waals surface area contributed by atoms with Crippen molar-refractivity contribution in [3.05, 3.63) is 59.7 Å². The lowest BCUT2D eigenvalue weighted by atomic mass is 9.95. The van der Waals surface area contributed by atoms with Crippen molar-refractivity contribution in [3.8, 4) is 11.1 Å². The Balaban J connectivity index is 1.59. The van der Waals surface area contributed by atoms with E-state index in [0.717, 1.165) is 32.5 Å². The standard InChI is InChI=1S/C22H25NO5/c24-21(23-12-5-13-28-16-10-14-27-15-11-16)19-8-3-1-6-17(19)18-7-2-4-9-20(18)22(25)26/h1-4,6-9,16H,5,10-15H2,(H,23,24)(H,25,26). The highest BCUT2D eigenvalue weighted by molar-refractivity contribution is 6.04. The molecule has 0 aromatic heterocycles. The van der Waals surface area contributed by atoms with Gasteiger partial charge >= 0.3 is 5.97 Å². The molecule has 0 spiro atoms. The highest BCUT2D eigenvalue weighted by Gasteiger charge is 2.17. The third-order valence-corrected chi connectivity index (χ3v) is 4.75. The zero-order valence-electron chi connectivity index (χ0n) is 15.7. The van der Waals surface area contributed by atoms with Crippen LogP contribution in [0, 0.1) is 0 Å². The van der Waals surface area contributed by atoms with Gasteiger partial charge in [0.25, 0.3) is 5.91 Å². The first-order valence-electron chi connectivity index (χ1n) is 9.56. The van der Waals surface area contributed by atoms with Crippen LogP contribution in [0.1, 0.15) is 40.0 Å². The number of aromatic carboxylic acids is 1. The minimum atomic E-state index is -1.02. The maximum absolute atomic E-state index is 12.7. The molecule has 148 valence electrons. The zero-order valence-corrected chi connectivity index (χ0v) is 15.7. The van der Waals surface area contributed by atoms with Gasteiger partial charge in [0, 0.05) is 31.9 Å². The monoisotopic (exact) mass is 383 g/mol. The lowest BCUT2D eigenvalue weighted by Crippen LogP contribution is -2.27. The Labute approximate surface area is 164 Å². The molecule has 1 aliphatic heterocycles. The van der Waals surface area contributed by atoms with E-state index in [2.05, 4.69) is 5.32 Å². The Hall–Kier alpha value is -2.70. The molecule has 0 saturated carbocycles. The summed E-state index contributed by atoms with van der Waals surface area (Å²) in [7, 11) is 0. The van der Waals surface area contributed by atoms with E-state index in [-0.39, 0.29) is 17.6 Å². The number of carbonyl (C=O) groups is 2. The van der Waals surface area contributed by atoms with E-state index < -0.39 is 5.97 Å². The van der Waals surface area contributed by atoms with Crippen LogP contribution < -0.4 is 5.32 Å². The predicted molar refractivity (Wildman–Crippen MR) is 106 cm³/mol. The quantitative estimate of drug-likeness (QED) is 0.683. The van der Waals surface area contributed by atoms with Crippen molar-refractivity contribution in [1.29, 1.82) is 0 Å². The van der Waals surface area contributed by atoms with Crippen molar-refractivity contribution >= 4 is 11.9 Å². The van der Waals surface area contributed by atoms with Gasteiger partial charge in [-0.15, -0.1) is 0 Å². The average Bonchev–Trinajstić information content (AvgIpc) is 2.74. The fraction of sp³-hybridized carbons (Fsp3) is 0.364. The van der Waals surface area contributed by atoms with Gasteiger partial charge in [0.1, 0.15) is 0 Å². The summed E-state index contributed by atoms with van der Waals surface area (Å²) in [5, 5.41) is 12.3. The van der Waals surface area contributed by atoms with Crippen molar-refractivity contribution in [3.63, 3.8) is 0 Å². The molecule has 0 bridgehead atoms. The lowest BCUT2D eigenvalue weighted by Gasteiger charge is -2.22. The molecule has 0 aliphatic carbocycles. The molecule has 2 aromatic rings. The molecular weight excluding hydrogens is 358 g/mol. The van der Waals surface area contributed by atoms with Crippen LogP contribution in [0.5, 0.6) is 0 Å². The minimum absolute atomic E-state index is 0.174. The van der Waals surface area contributed by atoms with E-state index in [1.807, 2.05) is 0 Å². The summed E-state index contributed by atoms with van der Waals surface area (Å²) in [6, 6.07) is 13.8. The molecule has 3 rings (SSSR count). The van der Waals surface area contributed by atoms with Gasteiger partial charge in [-0.2, -0.15) is 0 Å². The number of amides is 1. The second-order valence-electron chi connectivity index (χ2n) is 6.69. The molecule has 6 nitrogen and oxygen atoms in total. The number of ether oxygens (including phenoxy) is 2. The van der Waals surface area contributed by atoms with Crippen LogP contribution in [0.15, 0.2) is 48.5 Å². The fourth-order valence-electron chi connectivity index (χ4n) is 3.28. The summed E-state index contributed by atoms with van der Waals surface area (Å²) in [6.07, 6.45) is 2.81. The van der Waals surface area contributed by atoms with Crippen LogP contribution in [0.4, 0.5) is 0 Å². The summed E-state index contributed by atoms with van der Waals surface area (Å²) >= 11 is 0. The van der Waals surface area contributed by atoms with Gasteiger partial charge in [0.2, 0.25) is 0 Å². The van der Waals surface area contributed by atoms with Gasteiger partial charge in [-0.25, -0.2) is 4.79 Å². The number of nitrogens with one attached hydrogen (secondary N) is 1. The van der Waals surface area contributed by atoms with Crippen molar-refractivity contribution in [1.82, 2.24) is 5.32 Å². The second-order valence-corrected chi connectivity index (χ2v) is 6.69. The topological polar surface area (TPSA) is 84.9 Å². The smallest absolute Gasteiger partial charge is 0.336 e. The van der Waals surface area contributed by atoms with Crippen LogP contribution in [0.25, 0.3) is 11.1 Å². The summed E-state index contributed by atoms with van der Waals surface area (Å²) in [4.78, 5) is 24.2. The number of carbonyl (C=O) groups excluding carboxylic acids is 1. The maximum atomic E-state index is 12.7. The number of carboxylic acids is 1.